The second kappa shape index (κ2) is 9.17. The summed E-state index contributed by atoms with van der Waals surface area (Å²) >= 11 is 0. The van der Waals surface area contributed by atoms with E-state index in [-0.39, 0.29) is 23.0 Å². The number of carbonyl (C=O) groups is 1. The summed E-state index contributed by atoms with van der Waals surface area (Å²) in [7, 11) is 0. The van der Waals surface area contributed by atoms with Crippen LogP contribution in [0.25, 0.3) is 22.2 Å². The van der Waals surface area contributed by atoms with Crippen molar-refractivity contribution in [2.75, 3.05) is 19.6 Å². The highest BCUT2D eigenvalue weighted by Gasteiger charge is 2.70. The number of carboxylic acid groups (broad SMARTS) is 1. The quantitative estimate of drug-likeness (QED) is 0.293. The Balaban J connectivity index is 1.42. The molecule has 1 saturated carbocycles. The van der Waals surface area contributed by atoms with Crippen molar-refractivity contribution in [3.8, 4) is 17.2 Å². The van der Waals surface area contributed by atoms with Gasteiger partial charge in [0, 0.05) is 6.07 Å². The van der Waals surface area contributed by atoms with E-state index in [4.69, 9.17) is 0 Å². The maximum Gasteiger partial charge on any atom is 0.419 e. The number of benzene rings is 3. The Morgan fingerprint density at radius 3 is 2.45 bits per heavy atom. The van der Waals surface area contributed by atoms with Gasteiger partial charge in [-0.1, -0.05) is 36.4 Å². The molecular weight excluding hydrogens is 524 g/mol. The predicted octanol–water partition coefficient (Wildman–Crippen LogP) is 6.12. The van der Waals surface area contributed by atoms with E-state index in [0.717, 1.165) is 28.8 Å². The summed E-state index contributed by atoms with van der Waals surface area (Å²) < 4.78 is 54.6. The average molecular weight is 549 g/mol. The number of aromatic nitrogens is 2. The minimum absolute atomic E-state index is 0.0519. The molecule has 0 bridgehead atoms. The van der Waals surface area contributed by atoms with Crippen LogP contribution in [0.1, 0.15) is 41.8 Å². The van der Waals surface area contributed by atoms with Gasteiger partial charge in [-0.2, -0.15) is 18.4 Å². The largest absolute Gasteiger partial charge is 0.480 e. The van der Waals surface area contributed by atoms with Crippen molar-refractivity contribution in [2.45, 2.75) is 30.9 Å². The number of halogens is 4. The summed E-state index contributed by atoms with van der Waals surface area (Å²) in [5.41, 5.74) is 1.21. The van der Waals surface area contributed by atoms with Gasteiger partial charge in [-0.05, 0) is 72.7 Å². The molecule has 6 rings (SSSR count). The Hall–Kier alpha value is -4.23. The Labute approximate surface area is 226 Å². The number of imidazole rings is 1. The van der Waals surface area contributed by atoms with Crippen molar-refractivity contribution in [1.82, 2.24) is 14.9 Å². The third-order valence-corrected chi connectivity index (χ3v) is 8.54. The number of hydrogen-bond donors (Lipinski definition) is 2. The Morgan fingerprint density at radius 1 is 1.07 bits per heavy atom. The van der Waals surface area contributed by atoms with E-state index in [1.807, 2.05) is 41.3 Å². The number of alkyl halides is 3. The van der Waals surface area contributed by atoms with Gasteiger partial charge in [-0.15, -0.1) is 0 Å². The van der Waals surface area contributed by atoms with Crippen LogP contribution in [0, 0.1) is 22.6 Å². The third kappa shape index (κ3) is 4.21. The van der Waals surface area contributed by atoms with Gasteiger partial charge < -0.3 is 10.1 Å². The van der Waals surface area contributed by atoms with Crippen LogP contribution in [0.3, 0.4) is 0 Å². The first-order chi connectivity index (χ1) is 19.0. The zero-order chi connectivity index (χ0) is 28.3. The van der Waals surface area contributed by atoms with Gasteiger partial charge in [0.05, 0.1) is 40.2 Å². The molecule has 2 N–H and O–H groups in total. The molecule has 2 aliphatic rings. The highest BCUT2D eigenvalue weighted by molar-refractivity contribution is 5.77. The topological polar surface area (TPSA) is 93.0 Å². The molecule has 1 aromatic heterocycles. The van der Waals surface area contributed by atoms with Gasteiger partial charge in [-0.25, -0.2) is 9.37 Å². The second-order valence-electron chi connectivity index (χ2n) is 10.7. The Kier molecular flexibility index (Phi) is 5.96. The number of nitrogens with zero attached hydrogens (tertiary/aromatic N) is 3. The van der Waals surface area contributed by atoms with Gasteiger partial charge in [0.25, 0.3) is 0 Å². The lowest BCUT2D eigenvalue weighted by atomic mass is 9.79. The number of hydrogen-bond acceptors (Lipinski definition) is 4. The monoisotopic (exact) mass is 548 g/mol. The number of nitriles is 1. The first-order valence-electron chi connectivity index (χ1n) is 12.9. The molecule has 1 aliphatic carbocycles. The number of likely N-dealkylation sites (tertiary alicyclic amines) is 1. The van der Waals surface area contributed by atoms with E-state index in [1.165, 1.54) is 0 Å². The van der Waals surface area contributed by atoms with Crippen molar-refractivity contribution in [3.05, 3.63) is 89.0 Å². The molecule has 6 nitrogen and oxygen atoms in total. The van der Waals surface area contributed by atoms with E-state index < -0.39 is 28.9 Å². The van der Waals surface area contributed by atoms with Crippen molar-refractivity contribution in [1.29, 1.82) is 5.26 Å². The van der Waals surface area contributed by atoms with Gasteiger partial charge in [0.1, 0.15) is 11.6 Å². The minimum Gasteiger partial charge on any atom is -0.480 e. The molecule has 10 heteroatoms. The summed E-state index contributed by atoms with van der Waals surface area (Å²) in [4.78, 5) is 20.8. The van der Waals surface area contributed by atoms with Crippen LogP contribution in [0.4, 0.5) is 17.6 Å². The average Bonchev–Trinajstić information content (AvgIpc) is 3.38. The highest BCUT2D eigenvalue weighted by atomic mass is 19.4. The third-order valence-electron chi connectivity index (χ3n) is 8.54. The van der Waals surface area contributed by atoms with Gasteiger partial charge in [0.2, 0.25) is 0 Å². The van der Waals surface area contributed by atoms with Gasteiger partial charge in [0.15, 0.2) is 0 Å². The van der Waals surface area contributed by atoms with E-state index in [1.54, 1.807) is 12.1 Å². The van der Waals surface area contributed by atoms with Crippen molar-refractivity contribution >= 4 is 17.0 Å². The van der Waals surface area contributed by atoms with Crippen LogP contribution in [0.15, 0.2) is 60.7 Å². The van der Waals surface area contributed by atoms with Crippen LogP contribution < -0.4 is 0 Å². The van der Waals surface area contributed by atoms with E-state index in [0.29, 0.717) is 43.7 Å². The summed E-state index contributed by atoms with van der Waals surface area (Å²) in [5.74, 6) is -1.79. The molecule has 204 valence electrons. The molecule has 2 fully saturated rings. The lowest BCUT2D eigenvalue weighted by Crippen LogP contribution is -2.40. The number of nitrogens with one attached hydrogen (secondary N) is 1. The van der Waals surface area contributed by atoms with Crippen molar-refractivity contribution in [3.63, 3.8) is 0 Å². The molecule has 2 heterocycles. The minimum atomic E-state index is -4.84. The Morgan fingerprint density at radius 2 is 1.80 bits per heavy atom. The van der Waals surface area contributed by atoms with E-state index in [2.05, 4.69) is 16.0 Å². The summed E-state index contributed by atoms with van der Waals surface area (Å²) in [6.45, 7) is 1.09. The molecule has 0 amide bonds. The number of aliphatic carboxylic acids is 1. The first kappa shape index (κ1) is 26.0. The number of aromatic amines is 1. The van der Waals surface area contributed by atoms with Gasteiger partial charge >= 0.3 is 12.1 Å². The lowest BCUT2D eigenvalue weighted by Gasteiger charge is -2.34. The molecule has 1 unspecified atom stereocenters. The molecule has 0 radical (unpaired) electrons. The number of H-pyrrole nitrogens is 1. The molecule has 1 atom stereocenters. The van der Waals surface area contributed by atoms with E-state index in [9.17, 15) is 32.7 Å². The molecule has 1 aliphatic heterocycles. The van der Waals surface area contributed by atoms with Crippen LogP contribution in [-0.4, -0.2) is 45.6 Å². The molecular formula is C30H24F4N4O2. The second-order valence-corrected chi connectivity index (χ2v) is 10.7. The standard InChI is InChI=1S/C30H24F4N4O2/c31-23-14-25-24(13-22(23)30(32,33)34)36-27(37-25)29(17-28(29)8-10-38(11-9-28)16-26(39)40)21-6-4-19(5-7-21)20-3-1-2-18(12-20)15-35/h1-7,12-14H,8-11,16-17H2,(H,36,37)(H,39,40). The van der Waals surface area contributed by atoms with E-state index >= 15 is 0 Å². The smallest absolute Gasteiger partial charge is 0.419 e. The first-order valence-corrected chi connectivity index (χ1v) is 12.9. The summed E-state index contributed by atoms with van der Waals surface area (Å²) in [6, 6.07) is 18.8. The van der Waals surface area contributed by atoms with Gasteiger partial charge in [-0.3, -0.25) is 9.69 Å². The lowest BCUT2D eigenvalue weighted by molar-refractivity contribution is -0.140. The zero-order valence-electron chi connectivity index (χ0n) is 21.2. The zero-order valence-corrected chi connectivity index (χ0v) is 21.2. The summed E-state index contributed by atoms with van der Waals surface area (Å²) in [6.07, 6.45) is -2.78. The summed E-state index contributed by atoms with van der Waals surface area (Å²) in [5, 5.41) is 18.5. The normalized spacial score (nSPS) is 20.5. The maximum atomic E-state index is 14.4. The number of fused-ring (bicyclic) bond motifs is 1. The van der Waals surface area contributed by atoms with Crippen molar-refractivity contribution < 1.29 is 27.5 Å². The number of carboxylic acids is 1. The van der Waals surface area contributed by atoms with Crippen molar-refractivity contribution in [2.24, 2.45) is 5.41 Å². The Bertz CT molecular complexity index is 1660. The number of rotatable bonds is 5. The number of piperidine rings is 1. The van der Waals surface area contributed by atoms with Crippen LogP contribution in [0.5, 0.6) is 0 Å². The van der Waals surface area contributed by atoms with Crippen LogP contribution in [0.2, 0.25) is 0 Å². The highest BCUT2D eigenvalue weighted by Crippen LogP contribution is 2.72. The SMILES string of the molecule is N#Cc1cccc(-c2ccc(C3(c4nc5cc(F)c(C(F)(F)F)cc5[nH]4)CC34CCN(CC(=O)O)CC4)cc2)c1. The van der Waals surface area contributed by atoms with Crippen LogP contribution in [-0.2, 0) is 16.4 Å². The fourth-order valence-corrected chi connectivity index (χ4v) is 6.44. The molecule has 40 heavy (non-hydrogen) atoms. The fourth-order valence-electron chi connectivity index (χ4n) is 6.44. The molecule has 3 aromatic carbocycles. The molecule has 1 spiro atoms. The maximum absolute atomic E-state index is 14.4. The predicted molar refractivity (Wildman–Crippen MR) is 139 cm³/mol. The van der Waals surface area contributed by atoms with Crippen LogP contribution >= 0.6 is 0 Å². The molecule has 1 saturated heterocycles. The molecule has 4 aromatic rings. The fraction of sp³-hybridized carbons (Fsp3) is 0.300.